The van der Waals surface area contributed by atoms with Gasteiger partial charge in [0, 0.05) is 11.3 Å². The minimum absolute atomic E-state index is 0.0276. The van der Waals surface area contributed by atoms with Crippen molar-refractivity contribution in [3.8, 4) is 5.75 Å². The summed E-state index contributed by atoms with van der Waals surface area (Å²) in [5.41, 5.74) is 2.45. The first-order valence-corrected chi connectivity index (χ1v) is 5.58. The maximum Gasteiger partial charge on any atom is 0.140 e. The number of nitrogens with one attached hydrogen (secondary N) is 1. The molecule has 0 aliphatic heterocycles. The van der Waals surface area contributed by atoms with Gasteiger partial charge in [0.25, 0.3) is 0 Å². The first kappa shape index (κ1) is 11.7. The average molecular weight is 232 g/mol. The van der Waals surface area contributed by atoms with Crippen LogP contribution < -0.4 is 4.74 Å². The van der Waals surface area contributed by atoms with Crippen molar-refractivity contribution in [1.29, 1.82) is 0 Å². The summed E-state index contributed by atoms with van der Waals surface area (Å²) in [6, 6.07) is 9.58. The van der Waals surface area contributed by atoms with Crippen LogP contribution in [0.15, 0.2) is 30.3 Å². The van der Waals surface area contributed by atoms with Crippen LogP contribution in [0.4, 0.5) is 0 Å². The highest BCUT2D eigenvalue weighted by Gasteiger charge is 2.17. The Kier molecular flexibility index (Phi) is 3.44. The van der Waals surface area contributed by atoms with E-state index in [1.165, 1.54) is 0 Å². The summed E-state index contributed by atoms with van der Waals surface area (Å²) in [6.45, 7) is 3.78. The molecule has 0 bridgehead atoms. The molecule has 0 saturated carbocycles. The molecule has 2 aromatic rings. The van der Waals surface area contributed by atoms with Gasteiger partial charge in [0.05, 0.1) is 6.61 Å². The molecule has 0 amide bonds. The van der Waals surface area contributed by atoms with Crippen molar-refractivity contribution in [3.63, 3.8) is 0 Å². The average Bonchev–Trinajstić information content (AvgIpc) is 2.71. The molecule has 0 aliphatic carbocycles. The van der Waals surface area contributed by atoms with Crippen LogP contribution in [-0.2, 0) is 6.61 Å². The number of aliphatic hydroxyl groups excluding tert-OH is 1. The van der Waals surface area contributed by atoms with Crippen LogP contribution in [0.5, 0.6) is 5.75 Å². The molecule has 17 heavy (non-hydrogen) atoms. The molecule has 0 aliphatic rings. The van der Waals surface area contributed by atoms with Crippen LogP contribution in [-0.4, -0.2) is 15.3 Å². The van der Waals surface area contributed by atoms with E-state index >= 15 is 0 Å². The van der Waals surface area contributed by atoms with E-state index < -0.39 is 0 Å². The largest absolute Gasteiger partial charge is 0.484 e. The normalized spacial score (nSPS) is 12.4. The molecule has 4 nitrogen and oxygen atoms in total. The van der Waals surface area contributed by atoms with Crippen molar-refractivity contribution < 1.29 is 9.84 Å². The quantitative estimate of drug-likeness (QED) is 0.850. The molecule has 1 atom stereocenters. The molecule has 0 fully saturated rings. The standard InChI is InChI=1S/C13H16N2O2/c1-9-12(8-16)13(15-14-9)10(2)17-11-6-4-3-5-7-11/h3-7,10,16H,8H2,1-2H3,(H,14,15). The smallest absolute Gasteiger partial charge is 0.140 e. The van der Waals surface area contributed by atoms with E-state index in [1.807, 2.05) is 44.2 Å². The van der Waals surface area contributed by atoms with Gasteiger partial charge in [0.15, 0.2) is 0 Å². The third-order valence-corrected chi connectivity index (χ3v) is 2.71. The van der Waals surface area contributed by atoms with Crippen LogP contribution in [0.3, 0.4) is 0 Å². The molecule has 1 heterocycles. The second-order valence-corrected chi connectivity index (χ2v) is 3.94. The van der Waals surface area contributed by atoms with E-state index in [0.29, 0.717) is 0 Å². The Morgan fingerprint density at radius 3 is 2.71 bits per heavy atom. The molecule has 1 aromatic carbocycles. The molecule has 0 saturated heterocycles. The van der Waals surface area contributed by atoms with Gasteiger partial charge in [-0.2, -0.15) is 5.10 Å². The Hall–Kier alpha value is -1.81. The van der Waals surface area contributed by atoms with Gasteiger partial charge in [-0.1, -0.05) is 18.2 Å². The van der Waals surface area contributed by atoms with Crippen molar-refractivity contribution in [2.45, 2.75) is 26.6 Å². The molecule has 4 heteroatoms. The van der Waals surface area contributed by atoms with Crippen molar-refractivity contribution in [2.75, 3.05) is 0 Å². The zero-order valence-corrected chi connectivity index (χ0v) is 9.97. The lowest BCUT2D eigenvalue weighted by molar-refractivity contribution is 0.214. The number of nitrogens with zero attached hydrogens (tertiary/aromatic N) is 1. The third-order valence-electron chi connectivity index (χ3n) is 2.71. The maximum atomic E-state index is 9.29. The van der Waals surface area contributed by atoms with E-state index in [0.717, 1.165) is 22.7 Å². The number of aryl methyl sites for hydroxylation is 1. The number of hydrogen-bond donors (Lipinski definition) is 2. The highest BCUT2D eigenvalue weighted by molar-refractivity contribution is 5.27. The summed E-state index contributed by atoms with van der Waals surface area (Å²) in [4.78, 5) is 0. The van der Waals surface area contributed by atoms with Crippen LogP contribution >= 0.6 is 0 Å². The summed E-state index contributed by atoms with van der Waals surface area (Å²) in [5, 5.41) is 16.3. The van der Waals surface area contributed by atoms with Gasteiger partial charge in [-0.05, 0) is 26.0 Å². The van der Waals surface area contributed by atoms with Gasteiger partial charge in [-0.25, -0.2) is 0 Å². The number of H-pyrrole nitrogens is 1. The van der Waals surface area contributed by atoms with Gasteiger partial charge in [0.1, 0.15) is 17.5 Å². The molecule has 1 unspecified atom stereocenters. The third kappa shape index (κ3) is 2.47. The van der Waals surface area contributed by atoms with Gasteiger partial charge in [-0.15, -0.1) is 0 Å². The zero-order valence-electron chi connectivity index (χ0n) is 9.97. The van der Waals surface area contributed by atoms with Gasteiger partial charge >= 0.3 is 0 Å². The first-order valence-electron chi connectivity index (χ1n) is 5.58. The first-order chi connectivity index (χ1) is 8.22. The SMILES string of the molecule is Cc1[nH]nc(C(C)Oc2ccccc2)c1CO. The number of benzene rings is 1. The van der Waals surface area contributed by atoms with Gasteiger partial charge in [-0.3, -0.25) is 5.10 Å². The molecule has 2 rings (SSSR count). The van der Waals surface area contributed by atoms with Gasteiger partial charge in [0.2, 0.25) is 0 Å². The summed E-state index contributed by atoms with van der Waals surface area (Å²) in [5.74, 6) is 0.796. The van der Waals surface area contributed by atoms with Crippen LogP contribution in [0.25, 0.3) is 0 Å². The number of rotatable bonds is 4. The summed E-state index contributed by atoms with van der Waals surface area (Å²) in [7, 11) is 0. The Labute approximate surface area is 100 Å². The minimum atomic E-state index is -0.190. The predicted molar refractivity (Wildman–Crippen MR) is 64.7 cm³/mol. The molecule has 0 radical (unpaired) electrons. The van der Waals surface area contributed by atoms with E-state index in [4.69, 9.17) is 4.74 Å². The second-order valence-electron chi connectivity index (χ2n) is 3.94. The van der Waals surface area contributed by atoms with Crippen LogP contribution in [0, 0.1) is 6.92 Å². The van der Waals surface area contributed by atoms with E-state index in [1.54, 1.807) is 0 Å². The Morgan fingerprint density at radius 2 is 2.06 bits per heavy atom. The second kappa shape index (κ2) is 5.01. The van der Waals surface area contributed by atoms with Crippen molar-refractivity contribution in [2.24, 2.45) is 0 Å². The van der Waals surface area contributed by atoms with Crippen LogP contribution in [0.2, 0.25) is 0 Å². The number of aromatic amines is 1. The highest BCUT2D eigenvalue weighted by Crippen LogP contribution is 2.23. The number of aliphatic hydroxyl groups is 1. The van der Waals surface area contributed by atoms with E-state index in [9.17, 15) is 5.11 Å². The Bertz CT molecular complexity index is 479. The molecule has 90 valence electrons. The summed E-state index contributed by atoms with van der Waals surface area (Å²) in [6.07, 6.45) is -0.190. The van der Waals surface area contributed by atoms with Crippen LogP contribution in [0.1, 0.15) is 30.0 Å². The van der Waals surface area contributed by atoms with Crippen molar-refractivity contribution in [1.82, 2.24) is 10.2 Å². The molecular formula is C13H16N2O2. The van der Waals surface area contributed by atoms with E-state index in [-0.39, 0.29) is 12.7 Å². The fourth-order valence-electron chi connectivity index (χ4n) is 1.77. The predicted octanol–water partition coefficient (Wildman–Crippen LogP) is 2.35. The number of hydrogen-bond acceptors (Lipinski definition) is 3. The summed E-state index contributed by atoms with van der Waals surface area (Å²) < 4.78 is 5.76. The molecule has 0 spiro atoms. The maximum absolute atomic E-state index is 9.29. The number of para-hydroxylation sites is 1. The highest BCUT2D eigenvalue weighted by atomic mass is 16.5. The van der Waals surface area contributed by atoms with E-state index in [2.05, 4.69) is 10.2 Å². The van der Waals surface area contributed by atoms with Crippen molar-refractivity contribution >= 4 is 0 Å². The Balaban J connectivity index is 2.17. The lowest BCUT2D eigenvalue weighted by Crippen LogP contribution is -2.06. The molecular weight excluding hydrogens is 216 g/mol. The molecule has 2 N–H and O–H groups in total. The zero-order chi connectivity index (χ0) is 12.3. The number of ether oxygens (including phenoxy) is 1. The fraction of sp³-hybridized carbons (Fsp3) is 0.308. The monoisotopic (exact) mass is 232 g/mol. The lowest BCUT2D eigenvalue weighted by atomic mass is 10.1. The Morgan fingerprint density at radius 1 is 1.35 bits per heavy atom. The lowest BCUT2D eigenvalue weighted by Gasteiger charge is -2.13. The summed E-state index contributed by atoms with van der Waals surface area (Å²) >= 11 is 0. The van der Waals surface area contributed by atoms with Gasteiger partial charge < -0.3 is 9.84 Å². The van der Waals surface area contributed by atoms with Crippen molar-refractivity contribution in [3.05, 3.63) is 47.3 Å². The number of aromatic nitrogens is 2. The molecule has 1 aromatic heterocycles. The minimum Gasteiger partial charge on any atom is -0.484 e. The topological polar surface area (TPSA) is 58.1 Å². The fourth-order valence-corrected chi connectivity index (χ4v) is 1.77.